The molecular formula is C11H18N2O. The number of carbonyl (C=O) groups excluding carboxylic acids is 1. The fraction of sp³-hybridized carbons (Fsp3) is 0.909. The standard InChI is InChI=1S/C11H18N2O/c14-10(13-8-1-2-8)9-7-11(9)3-5-12-6-4-11/h8-9,12H,1-7H2,(H,13,14). The van der Waals surface area contributed by atoms with Gasteiger partial charge in [0, 0.05) is 12.0 Å². The van der Waals surface area contributed by atoms with Crippen molar-refractivity contribution < 1.29 is 4.79 Å². The third-order valence-corrected chi connectivity index (χ3v) is 4.03. The van der Waals surface area contributed by atoms with Crippen molar-refractivity contribution in [3.63, 3.8) is 0 Å². The van der Waals surface area contributed by atoms with Crippen LogP contribution < -0.4 is 10.6 Å². The van der Waals surface area contributed by atoms with Gasteiger partial charge in [0.2, 0.25) is 5.91 Å². The Morgan fingerprint density at radius 1 is 1.29 bits per heavy atom. The predicted molar refractivity (Wildman–Crippen MR) is 53.8 cm³/mol. The summed E-state index contributed by atoms with van der Waals surface area (Å²) >= 11 is 0. The molecule has 78 valence electrons. The van der Waals surface area contributed by atoms with Crippen LogP contribution in [0.2, 0.25) is 0 Å². The van der Waals surface area contributed by atoms with Gasteiger partial charge >= 0.3 is 0 Å². The van der Waals surface area contributed by atoms with Crippen LogP contribution in [0.3, 0.4) is 0 Å². The molecule has 2 aliphatic carbocycles. The molecule has 3 fully saturated rings. The lowest BCUT2D eigenvalue weighted by atomic mass is 9.92. The van der Waals surface area contributed by atoms with Gasteiger partial charge in [-0.15, -0.1) is 0 Å². The SMILES string of the molecule is O=C(NC1CC1)C1CC12CCNCC2. The van der Waals surface area contributed by atoms with Gasteiger partial charge < -0.3 is 10.6 Å². The Morgan fingerprint density at radius 3 is 2.64 bits per heavy atom. The van der Waals surface area contributed by atoms with Crippen molar-refractivity contribution in [1.82, 2.24) is 10.6 Å². The number of piperidine rings is 1. The van der Waals surface area contributed by atoms with Crippen LogP contribution in [0.1, 0.15) is 32.1 Å². The minimum Gasteiger partial charge on any atom is -0.353 e. The van der Waals surface area contributed by atoms with Crippen LogP contribution in [0.4, 0.5) is 0 Å². The Morgan fingerprint density at radius 2 is 2.00 bits per heavy atom. The van der Waals surface area contributed by atoms with E-state index in [1.54, 1.807) is 0 Å². The molecule has 0 aromatic carbocycles. The molecular weight excluding hydrogens is 176 g/mol. The van der Waals surface area contributed by atoms with E-state index in [-0.39, 0.29) is 0 Å². The normalized spacial score (nSPS) is 34.1. The van der Waals surface area contributed by atoms with Crippen molar-refractivity contribution in [2.75, 3.05) is 13.1 Å². The Kier molecular flexibility index (Phi) is 1.84. The summed E-state index contributed by atoms with van der Waals surface area (Å²) in [5, 5.41) is 6.49. The maximum atomic E-state index is 11.8. The van der Waals surface area contributed by atoms with Crippen molar-refractivity contribution in [3.05, 3.63) is 0 Å². The van der Waals surface area contributed by atoms with Gasteiger partial charge in [-0.25, -0.2) is 0 Å². The predicted octanol–water partition coefficient (Wildman–Crippen LogP) is 0.655. The average molecular weight is 194 g/mol. The number of nitrogens with one attached hydrogen (secondary N) is 2. The van der Waals surface area contributed by atoms with E-state index in [2.05, 4.69) is 10.6 Å². The van der Waals surface area contributed by atoms with Crippen LogP contribution in [0.15, 0.2) is 0 Å². The van der Waals surface area contributed by atoms with E-state index in [9.17, 15) is 4.79 Å². The van der Waals surface area contributed by atoms with Crippen LogP contribution in [-0.4, -0.2) is 25.0 Å². The minimum absolute atomic E-state index is 0.342. The summed E-state index contributed by atoms with van der Waals surface area (Å²) in [5.41, 5.74) is 0.407. The molecule has 3 heteroatoms. The Bertz CT molecular complexity index is 254. The zero-order chi connectivity index (χ0) is 9.60. The van der Waals surface area contributed by atoms with E-state index in [4.69, 9.17) is 0 Å². The summed E-state index contributed by atoms with van der Waals surface area (Å²) in [6.45, 7) is 2.21. The Labute approximate surface area is 84.6 Å². The van der Waals surface area contributed by atoms with Crippen molar-refractivity contribution >= 4 is 5.91 Å². The van der Waals surface area contributed by atoms with Gasteiger partial charge in [0.05, 0.1) is 0 Å². The smallest absolute Gasteiger partial charge is 0.223 e. The first-order valence-electron chi connectivity index (χ1n) is 5.81. The largest absolute Gasteiger partial charge is 0.353 e. The molecule has 3 rings (SSSR count). The molecule has 1 saturated heterocycles. The van der Waals surface area contributed by atoms with Gasteiger partial charge in [-0.3, -0.25) is 4.79 Å². The summed E-state index contributed by atoms with van der Waals surface area (Å²) in [6, 6.07) is 0.530. The lowest BCUT2D eigenvalue weighted by Crippen LogP contribution is -2.34. The van der Waals surface area contributed by atoms with Crippen molar-refractivity contribution in [1.29, 1.82) is 0 Å². The summed E-state index contributed by atoms with van der Waals surface area (Å²) < 4.78 is 0. The van der Waals surface area contributed by atoms with E-state index in [0.717, 1.165) is 19.5 Å². The highest BCUT2D eigenvalue weighted by Crippen LogP contribution is 2.58. The third kappa shape index (κ3) is 1.44. The summed E-state index contributed by atoms with van der Waals surface area (Å²) in [4.78, 5) is 11.8. The number of hydrogen-bond donors (Lipinski definition) is 2. The van der Waals surface area contributed by atoms with Crippen molar-refractivity contribution in [2.24, 2.45) is 11.3 Å². The van der Waals surface area contributed by atoms with Crippen LogP contribution in [0.5, 0.6) is 0 Å². The van der Waals surface area contributed by atoms with Gasteiger partial charge in [0.15, 0.2) is 0 Å². The first-order chi connectivity index (χ1) is 6.80. The van der Waals surface area contributed by atoms with Crippen LogP contribution in [0, 0.1) is 11.3 Å². The van der Waals surface area contributed by atoms with Gasteiger partial charge in [0.1, 0.15) is 0 Å². The highest BCUT2D eigenvalue weighted by Gasteiger charge is 2.57. The van der Waals surface area contributed by atoms with Crippen molar-refractivity contribution in [3.8, 4) is 0 Å². The van der Waals surface area contributed by atoms with E-state index >= 15 is 0 Å². The monoisotopic (exact) mass is 194 g/mol. The fourth-order valence-corrected chi connectivity index (χ4v) is 2.73. The molecule has 1 heterocycles. The molecule has 2 N–H and O–H groups in total. The maximum absolute atomic E-state index is 11.8. The molecule has 0 aromatic rings. The number of hydrogen-bond acceptors (Lipinski definition) is 2. The van der Waals surface area contributed by atoms with E-state index in [0.29, 0.717) is 23.3 Å². The van der Waals surface area contributed by atoms with E-state index in [1.165, 1.54) is 25.7 Å². The molecule has 14 heavy (non-hydrogen) atoms. The Balaban J connectivity index is 1.57. The zero-order valence-corrected chi connectivity index (χ0v) is 8.51. The lowest BCUT2D eigenvalue weighted by Gasteiger charge is -2.23. The quantitative estimate of drug-likeness (QED) is 0.678. The maximum Gasteiger partial charge on any atom is 0.223 e. The molecule has 2 saturated carbocycles. The first kappa shape index (κ1) is 8.72. The first-order valence-corrected chi connectivity index (χ1v) is 5.81. The zero-order valence-electron chi connectivity index (χ0n) is 8.51. The molecule has 0 bridgehead atoms. The molecule has 1 aliphatic heterocycles. The second kappa shape index (κ2) is 2.96. The summed E-state index contributed by atoms with van der Waals surface area (Å²) in [7, 11) is 0. The molecule has 1 amide bonds. The number of carbonyl (C=O) groups is 1. The van der Waals surface area contributed by atoms with Gasteiger partial charge in [0.25, 0.3) is 0 Å². The minimum atomic E-state index is 0.342. The van der Waals surface area contributed by atoms with Crippen LogP contribution >= 0.6 is 0 Å². The van der Waals surface area contributed by atoms with Crippen LogP contribution in [-0.2, 0) is 4.79 Å². The third-order valence-electron chi connectivity index (χ3n) is 4.03. The summed E-state index contributed by atoms with van der Waals surface area (Å²) in [6.07, 6.45) is 5.96. The highest BCUT2D eigenvalue weighted by molar-refractivity contribution is 5.83. The fourth-order valence-electron chi connectivity index (χ4n) is 2.73. The van der Waals surface area contributed by atoms with E-state index in [1.807, 2.05) is 0 Å². The second-order valence-electron chi connectivity index (χ2n) is 5.15. The molecule has 1 unspecified atom stereocenters. The van der Waals surface area contributed by atoms with Gasteiger partial charge in [-0.05, 0) is 50.6 Å². The second-order valence-corrected chi connectivity index (χ2v) is 5.15. The molecule has 1 spiro atoms. The van der Waals surface area contributed by atoms with E-state index < -0.39 is 0 Å². The molecule has 0 radical (unpaired) electrons. The number of rotatable bonds is 2. The lowest BCUT2D eigenvalue weighted by molar-refractivity contribution is -0.123. The van der Waals surface area contributed by atoms with Crippen molar-refractivity contribution in [2.45, 2.75) is 38.1 Å². The van der Waals surface area contributed by atoms with Gasteiger partial charge in [-0.1, -0.05) is 0 Å². The molecule has 0 aromatic heterocycles. The molecule has 3 nitrogen and oxygen atoms in total. The molecule has 1 atom stereocenters. The van der Waals surface area contributed by atoms with Crippen LogP contribution in [0.25, 0.3) is 0 Å². The topological polar surface area (TPSA) is 41.1 Å². The average Bonchev–Trinajstić information content (AvgIpc) is 3.06. The highest BCUT2D eigenvalue weighted by atomic mass is 16.2. The Hall–Kier alpha value is -0.570. The molecule has 3 aliphatic rings. The van der Waals surface area contributed by atoms with Gasteiger partial charge in [-0.2, -0.15) is 0 Å². The summed E-state index contributed by atoms with van der Waals surface area (Å²) in [5.74, 6) is 0.694. The number of amides is 1.